The highest BCUT2D eigenvalue weighted by atomic mass is 32.1. The Morgan fingerprint density at radius 2 is 1.95 bits per heavy atom. The molecule has 0 aliphatic carbocycles. The molecule has 0 saturated carbocycles. The fourth-order valence-electron chi connectivity index (χ4n) is 1.88. The molecule has 1 heterocycles. The number of hydrogen-bond acceptors (Lipinski definition) is 4. The second kappa shape index (κ2) is 6.11. The maximum Gasteiger partial charge on any atom is 0.266 e. The van der Waals surface area contributed by atoms with E-state index in [4.69, 9.17) is 4.74 Å². The molecule has 3 aromatic rings. The van der Waals surface area contributed by atoms with Crippen molar-refractivity contribution in [2.24, 2.45) is 0 Å². The van der Waals surface area contributed by atoms with Gasteiger partial charge in [-0.2, -0.15) is 0 Å². The van der Waals surface area contributed by atoms with Crippen LogP contribution in [-0.4, -0.2) is 24.5 Å². The van der Waals surface area contributed by atoms with Gasteiger partial charge in [-0.05, 0) is 36.4 Å². The standard InChI is InChI=1S/C16H13FN2O2S/c1-19(16-18-13-4-2-3-5-14(13)22-16)15(20)10-21-12-8-6-11(17)7-9-12/h2-9H,10H2,1H3. The van der Waals surface area contributed by atoms with Crippen LogP contribution in [0, 0.1) is 5.82 Å². The number of nitrogens with zero attached hydrogens (tertiary/aromatic N) is 2. The second-order valence-corrected chi connectivity index (χ2v) is 5.67. The zero-order valence-corrected chi connectivity index (χ0v) is 12.6. The van der Waals surface area contributed by atoms with E-state index in [0.29, 0.717) is 10.9 Å². The van der Waals surface area contributed by atoms with Gasteiger partial charge in [0.25, 0.3) is 5.91 Å². The maximum atomic E-state index is 12.8. The van der Waals surface area contributed by atoms with Crippen molar-refractivity contribution in [3.05, 3.63) is 54.3 Å². The molecule has 0 aliphatic heterocycles. The molecular formula is C16H13FN2O2S. The van der Waals surface area contributed by atoms with Gasteiger partial charge in [0.05, 0.1) is 10.2 Å². The van der Waals surface area contributed by atoms with Gasteiger partial charge in [0.2, 0.25) is 0 Å². The van der Waals surface area contributed by atoms with Gasteiger partial charge in [0, 0.05) is 7.05 Å². The molecule has 1 amide bonds. The van der Waals surface area contributed by atoms with E-state index < -0.39 is 0 Å². The molecule has 0 saturated heterocycles. The van der Waals surface area contributed by atoms with E-state index in [1.54, 1.807) is 7.05 Å². The number of carbonyl (C=O) groups excluding carboxylic acids is 1. The number of amides is 1. The number of thiazole rings is 1. The summed E-state index contributed by atoms with van der Waals surface area (Å²) in [5.41, 5.74) is 0.863. The van der Waals surface area contributed by atoms with E-state index in [0.717, 1.165) is 10.2 Å². The predicted molar refractivity (Wildman–Crippen MR) is 84.9 cm³/mol. The lowest BCUT2D eigenvalue weighted by Gasteiger charge is -2.14. The molecule has 0 fully saturated rings. The van der Waals surface area contributed by atoms with Crippen molar-refractivity contribution in [1.82, 2.24) is 4.98 Å². The molecule has 1 aromatic heterocycles. The van der Waals surface area contributed by atoms with E-state index in [2.05, 4.69) is 4.98 Å². The van der Waals surface area contributed by atoms with Crippen molar-refractivity contribution in [2.75, 3.05) is 18.6 Å². The van der Waals surface area contributed by atoms with Crippen molar-refractivity contribution in [3.63, 3.8) is 0 Å². The Morgan fingerprint density at radius 3 is 2.68 bits per heavy atom. The van der Waals surface area contributed by atoms with Crippen LogP contribution in [-0.2, 0) is 4.79 Å². The Labute approximate surface area is 130 Å². The summed E-state index contributed by atoms with van der Waals surface area (Å²) in [5, 5.41) is 0.619. The minimum absolute atomic E-state index is 0.127. The number of fused-ring (bicyclic) bond motifs is 1. The Bertz CT molecular complexity index is 768. The molecule has 3 rings (SSSR count). The SMILES string of the molecule is CN(C(=O)COc1ccc(F)cc1)c1nc2ccccc2s1. The van der Waals surface area contributed by atoms with Crippen LogP contribution in [0.3, 0.4) is 0 Å². The van der Waals surface area contributed by atoms with Crippen LogP contribution in [0.5, 0.6) is 5.75 Å². The van der Waals surface area contributed by atoms with Crippen molar-refractivity contribution in [3.8, 4) is 5.75 Å². The molecule has 112 valence electrons. The molecule has 0 radical (unpaired) electrons. The monoisotopic (exact) mass is 316 g/mol. The highest BCUT2D eigenvalue weighted by Crippen LogP contribution is 2.27. The third-order valence-electron chi connectivity index (χ3n) is 3.12. The van der Waals surface area contributed by atoms with E-state index in [-0.39, 0.29) is 18.3 Å². The molecule has 0 atom stereocenters. The van der Waals surface area contributed by atoms with Crippen LogP contribution in [0.25, 0.3) is 10.2 Å². The minimum Gasteiger partial charge on any atom is -0.484 e. The summed E-state index contributed by atoms with van der Waals surface area (Å²) >= 11 is 1.45. The molecule has 0 N–H and O–H groups in total. The third-order valence-corrected chi connectivity index (χ3v) is 4.23. The zero-order valence-electron chi connectivity index (χ0n) is 11.8. The number of rotatable bonds is 4. The second-order valence-electron chi connectivity index (χ2n) is 4.66. The number of anilines is 1. The Kier molecular flexibility index (Phi) is 4.02. The first kappa shape index (κ1) is 14.5. The van der Waals surface area contributed by atoms with Crippen molar-refractivity contribution in [2.45, 2.75) is 0 Å². The van der Waals surface area contributed by atoms with E-state index in [9.17, 15) is 9.18 Å². The first-order chi connectivity index (χ1) is 10.6. The highest BCUT2D eigenvalue weighted by Gasteiger charge is 2.15. The van der Waals surface area contributed by atoms with Crippen molar-refractivity contribution in [1.29, 1.82) is 0 Å². The lowest BCUT2D eigenvalue weighted by molar-refractivity contribution is -0.120. The van der Waals surface area contributed by atoms with E-state index in [1.807, 2.05) is 24.3 Å². The van der Waals surface area contributed by atoms with E-state index >= 15 is 0 Å². The summed E-state index contributed by atoms with van der Waals surface area (Å²) in [6.07, 6.45) is 0. The summed E-state index contributed by atoms with van der Waals surface area (Å²) in [5.74, 6) is -0.110. The average molecular weight is 316 g/mol. The van der Waals surface area contributed by atoms with Gasteiger partial charge in [-0.15, -0.1) is 0 Å². The molecule has 4 nitrogen and oxygen atoms in total. The Balaban J connectivity index is 1.67. The number of para-hydroxylation sites is 1. The smallest absolute Gasteiger partial charge is 0.266 e. The minimum atomic E-state index is -0.342. The largest absolute Gasteiger partial charge is 0.484 e. The van der Waals surface area contributed by atoms with Gasteiger partial charge in [0.15, 0.2) is 11.7 Å². The number of carbonyl (C=O) groups is 1. The van der Waals surface area contributed by atoms with Crippen LogP contribution in [0.4, 0.5) is 9.52 Å². The third kappa shape index (κ3) is 3.07. The fourth-order valence-corrected chi connectivity index (χ4v) is 2.83. The van der Waals surface area contributed by atoms with Gasteiger partial charge < -0.3 is 4.74 Å². The fraction of sp³-hybridized carbons (Fsp3) is 0.125. The zero-order chi connectivity index (χ0) is 15.5. The quantitative estimate of drug-likeness (QED) is 0.740. The van der Waals surface area contributed by atoms with Gasteiger partial charge in [-0.25, -0.2) is 9.37 Å². The van der Waals surface area contributed by atoms with E-state index in [1.165, 1.54) is 40.5 Å². The topological polar surface area (TPSA) is 42.4 Å². The van der Waals surface area contributed by atoms with Crippen LogP contribution >= 0.6 is 11.3 Å². The molecule has 6 heteroatoms. The van der Waals surface area contributed by atoms with Crippen LogP contribution < -0.4 is 9.64 Å². The normalized spacial score (nSPS) is 10.6. The lowest BCUT2D eigenvalue weighted by Crippen LogP contribution is -2.31. The van der Waals surface area contributed by atoms with Crippen LogP contribution in [0.2, 0.25) is 0 Å². The highest BCUT2D eigenvalue weighted by molar-refractivity contribution is 7.22. The lowest BCUT2D eigenvalue weighted by atomic mass is 10.3. The summed E-state index contributed by atoms with van der Waals surface area (Å²) in [6.45, 7) is -0.127. The van der Waals surface area contributed by atoms with Gasteiger partial charge in [-0.3, -0.25) is 9.69 Å². The van der Waals surface area contributed by atoms with Crippen LogP contribution in [0.1, 0.15) is 0 Å². The first-order valence-electron chi connectivity index (χ1n) is 6.64. The molecule has 0 unspecified atom stereocenters. The molecule has 2 aromatic carbocycles. The predicted octanol–water partition coefficient (Wildman–Crippen LogP) is 3.48. The molecule has 0 spiro atoms. The summed E-state index contributed by atoms with van der Waals surface area (Å²) in [7, 11) is 1.66. The summed E-state index contributed by atoms with van der Waals surface area (Å²) < 4.78 is 19.2. The van der Waals surface area contributed by atoms with Gasteiger partial charge >= 0.3 is 0 Å². The number of likely N-dealkylation sites (N-methyl/N-ethyl adjacent to an activating group) is 1. The molecule has 22 heavy (non-hydrogen) atoms. The Morgan fingerprint density at radius 1 is 1.23 bits per heavy atom. The average Bonchev–Trinajstić information content (AvgIpc) is 2.97. The van der Waals surface area contributed by atoms with Gasteiger partial charge in [0.1, 0.15) is 11.6 Å². The number of halogens is 1. The molecular weight excluding hydrogens is 303 g/mol. The number of hydrogen-bond donors (Lipinski definition) is 0. The molecule has 0 bridgehead atoms. The number of ether oxygens (including phenoxy) is 1. The van der Waals surface area contributed by atoms with Crippen molar-refractivity contribution < 1.29 is 13.9 Å². The molecule has 0 aliphatic rings. The summed E-state index contributed by atoms with van der Waals surface area (Å²) in [4.78, 5) is 18.0. The Hall–Kier alpha value is -2.47. The maximum absolute atomic E-state index is 12.8. The first-order valence-corrected chi connectivity index (χ1v) is 7.45. The van der Waals surface area contributed by atoms with Crippen LogP contribution in [0.15, 0.2) is 48.5 Å². The number of aromatic nitrogens is 1. The number of benzene rings is 2. The summed E-state index contributed by atoms with van der Waals surface area (Å²) in [6, 6.07) is 13.3. The van der Waals surface area contributed by atoms with Crippen molar-refractivity contribution >= 4 is 32.6 Å². The van der Waals surface area contributed by atoms with Gasteiger partial charge in [-0.1, -0.05) is 23.5 Å².